The Morgan fingerprint density at radius 1 is 0.969 bits per heavy atom. The summed E-state index contributed by atoms with van der Waals surface area (Å²) in [6.07, 6.45) is 3.57. The van der Waals surface area contributed by atoms with E-state index in [1.54, 1.807) is 0 Å². The Hall–Kier alpha value is -2.95. The quantitative estimate of drug-likeness (QED) is 0.336. The summed E-state index contributed by atoms with van der Waals surface area (Å²) in [5.74, 6) is -6.54. The largest absolute Gasteiger partial charge is 0.432 e. The van der Waals surface area contributed by atoms with Crippen LogP contribution in [0, 0.1) is 40.5 Å². The van der Waals surface area contributed by atoms with E-state index in [0.29, 0.717) is 36.5 Å². The summed E-state index contributed by atoms with van der Waals surface area (Å²) in [6, 6.07) is 3.68. The van der Waals surface area contributed by atoms with Crippen LogP contribution in [-0.2, 0) is 6.11 Å². The molecule has 1 aliphatic carbocycles. The van der Waals surface area contributed by atoms with E-state index in [9.17, 15) is 26.3 Å². The van der Waals surface area contributed by atoms with E-state index in [4.69, 9.17) is 5.26 Å². The molecule has 2 aromatic carbocycles. The van der Waals surface area contributed by atoms with Crippen molar-refractivity contribution in [1.82, 2.24) is 0 Å². The molecule has 0 atom stereocenters. The van der Waals surface area contributed by atoms with Gasteiger partial charge in [0.15, 0.2) is 0 Å². The zero-order valence-corrected chi connectivity index (χ0v) is 17.3. The minimum Gasteiger partial charge on any atom is -0.429 e. The molecule has 32 heavy (non-hydrogen) atoms. The topological polar surface area (TPSA) is 33.0 Å². The first-order chi connectivity index (χ1) is 15.2. The summed E-state index contributed by atoms with van der Waals surface area (Å²) in [6.45, 7) is 1.94. The molecule has 0 spiro atoms. The van der Waals surface area contributed by atoms with E-state index in [1.807, 2.05) is 13.0 Å². The number of nitrogens with zero attached hydrogens (tertiary/aromatic N) is 1. The second-order valence-electron chi connectivity index (χ2n) is 7.87. The Morgan fingerprint density at radius 2 is 1.53 bits per heavy atom. The number of hydrogen-bond acceptors (Lipinski definition) is 2. The lowest BCUT2D eigenvalue weighted by Gasteiger charge is -2.29. The molecule has 0 amide bonds. The van der Waals surface area contributed by atoms with Gasteiger partial charge in [-0.1, -0.05) is 12.2 Å². The second kappa shape index (κ2) is 9.68. The summed E-state index contributed by atoms with van der Waals surface area (Å²) in [5, 5.41) is 8.64. The van der Waals surface area contributed by atoms with Gasteiger partial charge in [-0.2, -0.15) is 14.0 Å². The van der Waals surface area contributed by atoms with Crippen LogP contribution in [-0.4, -0.2) is 0 Å². The SMILES string of the molecule is CC=CC[C@H]1CC[C@H](c2cc(F)c(C(F)(F)Oc3cc(F)c(C#N)c(F)c3)c(F)c2)CC1. The fourth-order valence-electron chi connectivity index (χ4n) is 4.08. The lowest BCUT2D eigenvalue weighted by Crippen LogP contribution is -2.26. The first-order valence-corrected chi connectivity index (χ1v) is 10.2. The second-order valence-corrected chi connectivity index (χ2v) is 7.87. The van der Waals surface area contributed by atoms with Gasteiger partial charge in [0.2, 0.25) is 0 Å². The van der Waals surface area contributed by atoms with Crippen molar-refractivity contribution in [3.63, 3.8) is 0 Å². The van der Waals surface area contributed by atoms with Gasteiger partial charge in [-0.05, 0) is 68.6 Å². The van der Waals surface area contributed by atoms with Crippen molar-refractivity contribution in [3.8, 4) is 11.8 Å². The highest BCUT2D eigenvalue weighted by atomic mass is 19.3. The van der Waals surface area contributed by atoms with Crippen LogP contribution in [0.5, 0.6) is 5.75 Å². The normalized spacial score (nSPS) is 19.2. The van der Waals surface area contributed by atoms with Crippen LogP contribution in [0.2, 0.25) is 0 Å². The van der Waals surface area contributed by atoms with Gasteiger partial charge < -0.3 is 4.74 Å². The number of nitriles is 1. The van der Waals surface area contributed by atoms with Gasteiger partial charge in [-0.25, -0.2) is 17.6 Å². The van der Waals surface area contributed by atoms with Crippen LogP contribution in [0.15, 0.2) is 36.4 Å². The van der Waals surface area contributed by atoms with Crippen molar-refractivity contribution in [2.45, 2.75) is 51.1 Å². The van der Waals surface area contributed by atoms with E-state index < -0.39 is 46.3 Å². The minimum absolute atomic E-state index is 0.147. The van der Waals surface area contributed by atoms with Gasteiger partial charge >= 0.3 is 6.11 Å². The first kappa shape index (κ1) is 23.7. The lowest BCUT2D eigenvalue weighted by molar-refractivity contribution is -0.189. The number of halogens is 6. The van der Waals surface area contributed by atoms with Gasteiger partial charge in [0.25, 0.3) is 0 Å². The first-order valence-electron chi connectivity index (χ1n) is 10.2. The van der Waals surface area contributed by atoms with E-state index in [0.717, 1.165) is 31.4 Å². The number of ether oxygens (including phenoxy) is 1. The third-order valence-corrected chi connectivity index (χ3v) is 5.75. The molecule has 1 fully saturated rings. The third-order valence-electron chi connectivity index (χ3n) is 5.75. The van der Waals surface area contributed by atoms with Crippen LogP contribution in [0.1, 0.15) is 61.6 Å². The zero-order chi connectivity index (χ0) is 23.5. The molecule has 3 rings (SSSR count). The maximum atomic E-state index is 14.6. The van der Waals surface area contributed by atoms with E-state index in [1.165, 1.54) is 6.07 Å². The van der Waals surface area contributed by atoms with Gasteiger partial charge in [-0.3, -0.25) is 0 Å². The maximum Gasteiger partial charge on any atom is 0.432 e. The van der Waals surface area contributed by atoms with Gasteiger partial charge in [-0.15, -0.1) is 0 Å². The van der Waals surface area contributed by atoms with Crippen molar-refractivity contribution >= 4 is 0 Å². The summed E-state index contributed by atoms with van der Waals surface area (Å²) in [4.78, 5) is 0. The van der Waals surface area contributed by atoms with Crippen LogP contribution in [0.3, 0.4) is 0 Å². The number of allylic oxidation sites excluding steroid dienone is 2. The monoisotopic (exact) mass is 453 g/mol. The number of hydrogen-bond donors (Lipinski definition) is 0. The van der Waals surface area contributed by atoms with Crippen molar-refractivity contribution in [3.05, 3.63) is 76.4 Å². The van der Waals surface area contributed by atoms with Crippen LogP contribution < -0.4 is 4.74 Å². The molecule has 1 aliphatic rings. The summed E-state index contributed by atoms with van der Waals surface area (Å²) in [5.41, 5.74) is -2.34. The maximum absolute atomic E-state index is 14.6. The van der Waals surface area contributed by atoms with E-state index in [-0.39, 0.29) is 5.92 Å². The molecule has 0 N–H and O–H groups in total. The summed E-state index contributed by atoms with van der Waals surface area (Å²) >= 11 is 0. The molecule has 0 bridgehead atoms. The molecule has 0 aromatic heterocycles. The Kier molecular flexibility index (Phi) is 7.17. The number of alkyl halides is 2. The molecule has 0 aliphatic heterocycles. The molecule has 1 saturated carbocycles. The fraction of sp³-hybridized carbons (Fsp3) is 0.375. The highest BCUT2D eigenvalue weighted by Gasteiger charge is 2.42. The summed E-state index contributed by atoms with van der Waals surface area (Å²) in [7, 11) is 0. The lowest BCUT2D eigenvalue weighted by atomic mass is 9.77. The third kappa shape index (κ3) is 5.09. The van der Waals surface area contributed by atoms with E-state index in [2.05, 4.69) is 10.8 Å². The molecule has 0 unspecified atom stereocenters. The zero-order valence-electron chi connectivity index (χ0n) is 17.3. The van der Waals surface area contributed by atoms with E-state index >= 15 is 0 Å². The molecule has 2 nitrogen and oxygen atoms in total. The average Bonchev–Trinajstić information content (AvgIpc) is 2.71. The Labute approximate surface area is 182 Å². The Morgan fingerprint density at radius 3 is 2.03 bits per heavy atom. The Balaban J connectivity index is 1.81. The minimum atomic E-state index is -4.54. The molecular weight excluding hydrogens is 432 g/mol. The standard InChI is InChI=1S/C24H21F6NO/c1-2-3-4-14-5-7-15(8-6-14)16-9-21(27)23(22(28)10-16)24(29,30)32-17-11-19(25)18(13-31)20(26)12-17/h2-3,9-12,14-15H,4-8H2,1H3/t14-,15-. The predicted octanol–water partition coefficient (Wildman–Crippen LogP) is 7.48. The highest BCUT2D eigenvalue weighted by molar-refractivity contribution is 5.39. The molecule has 0 saturated heterocycles. The van der Waals surface area contributed by atoms with Crippen molar-refractivity contribution < 1.29 is 31.1 Å². The number of benzene rings is 2. The van der Waals surface area contributed by atoms with Crippen molar-refractivity contribution in [2.24, 2.45) is 5.92 Å². The Bertz CT molecular complexity index is 1000. The fourth-order valence-corrected chi connectivity index (χ4v) is 4.08. The van der Waals surface area contributed by atoms with Crippen LogP contribution in [0.4, 0.5) is 26.3 Å². The molecular formula is C24H21F6NO. The van der Waals surface area contributed by atoms with Crippen molar-refractivity contribution in [1.29, 1.82) is 5.26 Å². The average molecular weight is 453 g/mol. The molecule has 2 aromatic rings. The van der Waals surface area contributed by atoms with Crippen molar-refractivity contribution in [2.75, 3.05) is 0 Å². The van der Waals surface area contributed by atoms with Gasteiger partial charge in [0.1, 0.15) is 46.2 Å². The smallest absolute Gasteiger partial charge is 0.429 e. The summed E-state index contributed by atoms with van der Waals surface area (Å²) < 4.78 is 89.8. The molecule has 0 heterocycles. The molecule has 170 valence electrons. The number of rotatable bonds is 6. The van der Waals surface area contributed by atoms with Gasteiger partial charge in [0, 0.05) is 12.1 Å². The molecule has 0 radical (unpaired) electrons. The highest BCUT2D eigenvalue weighted by Crippen LogP contribution is 2.41. The molecule has 8 heteroatoms. The van der Waals surface area contributed by atoms with Gasteiger partial charge in [0.05, 0.1) is 0 Å². The predicted molar refractivity (Wildman–Crippen MR) is 106 cm³/mol. The van der Waals surface area contributed by atoms with Crippen LogP contribution >= 0.6 is 0 Å². The van der Waals surface area contributed by atoms with Crippen LogP contribution in [0.25, 0.3) is 0 Å².